The highest BCUT2D eigenvalue weighted by molar-refractivity contribution is 5.97. The van der Waals surface area contributed by atoms with Crippen LogP contribution in [0.4, 0.5) is 11.4 Å². The molecule has 3 rings (SSSR count). The van der Waals surface area contributed by atoms with Crippen molar-refractivity contribution in [3.05, 3.63) is 60.2 Å². The highest BCUT2D eigenvalue weighted by Crippen LogP contribution is 2.21. The lowest BCUT2D eigenvalue weighted by Crippen LogP contribution is -2.49. The largest absolute Gasteiger partial charge is 0.452 e. The number of ether oxygens (including phenoxy) is 2. The molecule has 0 bridgehead atoms. The van der Waals surface area contributed by atoms with E-state index in [0.717, 1.165) is 5.69 Å². The Morgan fingerprint density at radius 1 is 1.04 bits per heavy atom. The van der Waals surface area contributed by atoms with Crippen LogP contribution in [0.2, 0.25) is 0 Å². The van der Waals surface area contributed by atoms with Gasteiger partial charge in [-0.25, -0.2) is 4.79 Å². The Hall–Kier alpha value is -2.86. The molecule has 2 aromatic carbocycles. The van der Waals surface area contributed by atoms with Crippen molar-refractivity contribution in [3.8, 4) is 0 Å². The SMILES string of the molecule is C[C@@H]1CN(C(=O)COC(=O)c2ccccc2Nc2ccccc2)C[C@@H](C)O1. The van der Waals surface area contributed by atoms with Gasteiger partial charge in [0.2, 0.25) is 0 Å². The molecule has 2 aromatic rings. The van der Waals surface area contributed by atoms with E-state index in [9.17, 15) is 9.59 Å². The van der Waals surface area contributed by atoms with Gasteiger partial charge in [-0.15, -0.1) is 0 Å². The molecule has 1 heterocycles. The van der Waals surface area contributed by atoms with Crippen LogP contribution in [0.25, 0.3) is 0 Å². The standard InChI is InChI=1S/C21H24N2O4/c1-15-12-23(13-16(2)27-15)20(24)14-26-21(25)18-10-6-7-11-19(18)22-17-8-4-3-5-9-17/h3-11,15-16,22H,12-14H2,1-2H3/t15-,16-/m1/s1. The van der Waals surface area contributed by atoms with Gasteiger partial charge in [-0.1, -0.05) is 30.3 Å². The minimum atomic E-state index is -0.531. The molecule has 142 valence electrons. The van der Waals surface area contributed by atoms with Gasteiger partial charge in [-0.3, -0.25) is 4.79 Å². The van der Waals surface area contributed by atoms with E-state index in [-0.39, 0.29) is 24.7 Å². The molecular formula is C21H24N2O4. The number of amides is 1. The Morgan fingerprint density at radius 3 is 2.37 bits per heavy atom. The van der Waals surface area contributed by atoms with Crippen molar-refractivity contribution in [3.63, 3.8) is 0 Å². The van der Waals surface area contributed by atoms with Gasteiger partial charge in [-0.05, 0) is 38.1 Å². The van der Waals surface area contributed by atoms with Crippen molar-refractivity contribution in [1.29, 1.82) is 0 Å². The van der Waals surface area contributed by atoms with Crippen molar-refractivity contribution >= 4 is 23.3 Å². The maximum Gasteiger partial charge on any atom is 0.340 e. The third-order valence-corrected chi connectivity index (χ3v) is 4.30. The highest BCUT2D eigenvalue weighted by atomic mass is 16.5. The number of hydrogen-bond donors (Lipinski definition) is 1. The normalized spacial score (nSPS) is 19.4. The van der Waals surface area contributed by atoms with Crippen LogP contribution < -0.4 is 5.32 Å². The fourth-order valence-corrected chi connectivity index (χ4v) is 3.12. The predicted molar refractivity (Wildman–Crippen MR) is 103 cm³/mol. The number of anilines is 2. The maximum absolute atomic E-state index is 12.5. The van der Waals surface area contributed by atoms with E-state index in [2.05, 4.69) is 5.32 Å². The minimum absolute atomic E-state index is 0.0239. The van der Waals surface area contributed by atoms with Gasteiger partial charge in [0.1, 0.15) is 0 Å². The molecule has 0 spiro atoms. The zero-order valence-corrected chi connectivity index (χ0v) is 15.6. The summed E-state index contributed by atoms with van der Waals surface area (Å²) in [7, 11) is 0. The highest BCUT2D eigenvalue weighted by Gasteiger charge is 2.26. The van der Waals surface area contributed by atoms with Crippen LogP contribution in [0, 0.1) is 0 Å². The summed E-state index contributed by atoms with van der Waals surface area (Å²) in [5.74, 6) is -0.740. The first-order chi connectivity index (χ1) is 13.0. The van der Waals surface area contributed by atoms with E-state index >= 15 is 0 Å². The summed E-state index contributed by atoms with van der Waals surface area (Å²) in [6, 6.07) is 16.6. The van der Waals surface area contributed by atoms with Crippen LogP contribution in [0.5, 0.6) is 0 Å². The van der Waals surface area contributed by atoms with Gasteiger partial charge in [0.05, 0.1) is 23.5 Å². The Kier molecular flexibility index (Phi) is 6.08. The quantitative estimate of drug-likeness (QED) is 0.821. The zero-order valence-electron chi connectivity index (χ0n) is 15.6. The van der Waals surface area contributed by atoms with Gasteiger partial charge in [0.25, 0.3) is 5.91 Å². The average Bonchev–Trinajstić information content (AvgIpc) is 2.66. The van der Waals surface area contributed by atoms with Crippen molar-refractivity contribution in [2.75, 3.05) is 25.0 Å². The van der Waals surface area contributed by atoms with Gasteiger partial charge < -0.3 is 19.7 Å². The Bertz CT molecular complexity index is 784. The molecule has 0 aromatic heterocycles. The summed E-state index contributed by atoms with van der Waals surface area (Å²) in [6.07, 6.45) is -0.0478. The number of nitrogens with one attached hydrogen (secondary N) is 1. The Labute approximate surface area is 159 Å². The summed E-state index contributed by atoms with van der Waals surface area (Å²) < 4.78 is 10.9. The first-order valence-electron chi connectivity index (χ1n) is 9.04. The fraction of sp³-hybridized carbons (Fsp3) is 0.333. The lowest BCUT2D eigenvalue weighted by molar-refractivity contribution is -0.146. The summed E-state index contributed by atoms with van der Waals surface area (Å²) in [5.41, 5.74) is 1.89. The topological polar surface area (TPSA) is 67.9 Å². The van der Waals surface area contributed by atoms with Crippen molar-refractivity contribution in [1.82, 2.24) is 4.90 Å². The van der Waals surface area contributed by atoms with Crippen molar-refractivity contribution in [2.45, 2.75) is 26.1 Å². The molecular weight excluding hydrogens is 344 g/mol. The van der Waals surface area contributed by atoms with Gasteiger partial charge in [-0.2, -0.15) is 0 Å². The second kappa shape index (κ2) is 8.68. The van der Waals surface area contributed by atoms with Gasteiger partial charge in [0.15, 0.2) is 6.61 Å². The summed E-state index contributed by atoms with van der Waals surface area (Å²) in [4.78, 5) is 26.6. The van der Waals surface area contributed by atoms with E-state index in [0.29, 0.717) is 24.3 Å². The number of carbonyl (C=O) groups excluding carboxylic acids is 2. The molecule has 1 saturated heterocycles. The third kappa shape index (κ3) is 5.08. The smallest absolute Gasteiger partial charge is 0.340 e. The number of hydrogen-bond acceptors (Lipinski definition) is 5. The second-order valence-corrected chi connectivity index (χ2v) is 6.67. The summed E-state index contributed by atoms with van der Waals surface area (Å²) in [6.45, 7) is 4.58. The summed E-state index contributed by atoms with van der Waals surface area (Å²) >= 11 is 0. The molecule has 0 radical (unpaired) electrons. The van der Waals surface area contributed by atoms with E-state index in [1.165, 1.54) is 0 Å². The molecule has 6 nitrogen and oxygen atoms in total. The van der Waals surface area contributed by atoms with E-state index in [4.69, 9.17) is 9.47 Å². The molecule has 0 aliphatic carbocycles. The number of morpholine rings is 1. The van der Waals surface area contributed by atoms with Crippen molar-refractivity contribution in [2.24, 2.45) is 0 Å². The number of para-hydroxylation sites is 2. The van der Waals surface area contributed by atoms with E-state index in [1.54, 1.807) is 23.1 Å². The molecule has 1 aliphatic heterocycles. The van der Waals surface area contributed by atoms with Gasteiger partial charge in [0, 0.05) is 18.8 Å². The molecule has 0 saturated carbocycles. The fourth-order valence-electron chi connectivity index (χ4n) is 3.12. The number of esters is 1. The molecule has 1 aliphatic rings. The lowest BCUT2D eigenvalue weighted by atomic mass is 10.1. The number of rotatable bonds is 5. The van der Waals surface area contributed by atoms with Crippen LogP contribution in [0.3, 0.4) is 0 Å². The Balaban J connectivity index is 1.62. The Morgan fingerprint density at radius 2 is 1.67 bits per heavy atom. The molecule has 1 fully saturated rings. The molecule has 0 unspecified atom stereocenters. The van der Waals surface area contributed by atoms with E-state index in [1.807, 2.05) is 50.2 Å². The number of nitrogens with zero attached hydrogens (tertiary/aromatic N) is 1. The van der Waals surface area contributed by atoms with Gasteiger partial charge >= 0.3 is 5.97 Å². The van der Waals surface area contributed by atoms with Crippen LogP contribution >= 0.6 is 0 Å². The minimum Gasteiger partial charge on any atom is -0.452 e. The third-order valence-electron chi connectivity index (χ3n) is 4.30. The molecule has 1 N–H and O–H groups in total. The van der Waals surface area contributed by atoms with Crippen LogP contribution in [0.15, 0.2) is 54.6 Å². The van der Waals surface area contributed by atoms with Crippen molar-refractivity contribution < 1.29 is 19.1 Å². The molecule has 2 atom stereocenters. The monoisotopic (exact) mass is 368 g/mol. The predicted octanol–water partition coefficient (Wildman–Crippen LogP) is 3.22. The maximum atomic E-state index is 12.5. The summed E-state index contributed by atoms with van der Waals surface area (Å²) in [5, 5.41) is 3.20. The first-order valence-corrected chi connectivity index (χ1v) is 9.04. The molecule has 1 amide bonds. The zero-order chi connectivity index (χ0) is 19.2. The molecule has 6 heteroatoms. The second-order valence-electron chi connectivity index (χ2n) is 6.67. The number of benzene rings is 2. The average molecular weight is 368 g/mol. The molecule has 27 heavy (non-hydrogen) atoms. The number of carbonyl (C=O) groups is 2. The van der Waals surface area contributed by atoms with Crippen LogP contribution in [-0.4, -0.2) is 48.7 Å². The lowest BCUT2D eigenvalue weighted by Gasteiger charge is -2.35. The van der Waals surface area contributed by atoms with E-state index < -0.39 is 5.97 Å². The first kappa shape index (κ1) is 18.9. The van der Waals surface area contributed by atoms with Crippen LogP contribution in [0.1, 0.15) is 24.2 Å². The van der Waals surface area contributed by atoms with Crippen LogP contribution in [-0.2, 0) is 14.3 Å².